The van der Waals surface area contributed by atoms with Crippen LogP contribution >= 0.6 is 0 Å². The predicted molar refractivity (Wildman–Crippen MR) is 77.9 cm³/mol. The smallest absolute Gasteiger partial charge is 0.229 e. The van der Waals surface area contributed by atoms with Crippen molar-refractivity contribution in [2.24, 2.45) is 0 Å². The Morgan fingerprint density at radius 2 is 1.70 bits per heavy atom. The number of nitrogens with one attached hydrogen (secondary N) is 1. The van der Waals surface area contributed by atoms with E-state index in [9.17, 15) is 9.59 Å². The number of rotatable bonds is 2. The van der Waals surface area contributed by atoms with Gasteiger partial charge in [0.2, 0.25) is 11.6 Å². The highest BCUT2D eigenvalue weighted by atomic mass is 16.2. The van der Waals surface area contributed by atoms with Crippen LogP contribution in [0.1, 0.15) is 33.9 Å². The third-order valence-corrected chi connectivity index (χ3v) is 3.62. The number of carbonyl (C=O) groups is 2. The van der Waals surface area contributed by atoms with Crippen LogP contribution in [-0.2, 0) is 4.79 Å². The van der Waals surface area contributed by atoms with Gasteiger partial charge in [-0.1, -0.05) is 42.0 Å². The Hall–Kier alpha value is -2.42. The lowest BCUT2D eigenvalue weighted by Gasteiger charge is -2.25. The van der Waals surface area contributed by atoms with E-state index in [1.165, 1.54) is 5.56 Å². The van der Waals surface area contributed by atoms with Gasteiger partial charge in [0.15, 0.2) is 0 Å². The Kier molecular flexibility index (Phi) is 3.11. The van der Waals surface area contributed by atoms with E-state index in [0.717, 1.165) is 11.3 Å². The van der Waals surface area contributed by atoms with E-state index < -0.39 is 0 Å². The van der Waals surface area contributed by atoms with Crippen molar-refractivity contribution in [2.45, 2.75) is 19.4 Å². The van der Waals surface area contributed by atoms with Crippen molar-refractivity contribution in [1.82, 2.24) is 0 Å². The fourth-order valence-corrected chi connectivity index (χ4v) is 2.53. The Labute approximate surface area is 117 Å². The number of ketones is 2. The molecule has 0 saturated heterocycles. The molecule has 3 rings (SSSR count). The molecule has 1 N–H and O–H groups in total. The second kappa shape index (κ2) is 4.93. The molecular weight excluding hydrogens is 250 g/mol. The summed E-state index contributed by atoms with van der Waals surface area (Å²) in [5, 5.41) is 3.34. The van der Waals surface area contributed by atoms with Crippen LogP contribution in [0, 0.1) is 6.92 Å². The van der Waals surface area contributed by atoms with E-state index in [-0.39, 0.29) is 24.0 Å². The van der Waals surface area contributed by atoms with Crippen LogP contribution < -0.4 is 5.32 Å². The summed E-state index contributed by atoms with van der Waals surface area (Å²) in [6.07, 6.45) is 0.212. The molecule has 0 amide bonds. The molecule has 1 aliphatic rings. The number of fused-ring (bicyclic) bond motifs is 1. The summed E-state index contributed by atoms with van der Waals surface area (Å²) in [6.45, 7) is 2.03. The predicted octanol–water partition coefficient (Wildman–Crippen LogP) is 3.30. The van der Waals surface area contributed by atoms with Crippen LogP contribution in [-0.4, -0.2) is 11.6 Å². The largest absolute Gasteiger partial charge is 0.378 e. The number of hydrogen-bond donors (Lipinski definition) is 1. The van der Waals surface area contributed by atoms with E-state index in [2.05, 4.69) is 5.32 Å². The van der Waals surface area contributed by atoms with E-state index in [1.807, 2.05) is 43.3 Å². The quantitative estimate of drug-likeness (QED) is 0.847. The average molecular weight is 265 g/mol. The highest BCUT2D eigenvalue weighted by Crippen LogP contribution is 2.30. The lowest BCUT2D eigenvalue weighted by molar-refractivity contribution is -0.115. The SMILES string of the molecule is Cc1ccc(NC2CC(=O)C(=O)c3ccccc32)cc1. The third kappa shape index (κ3) is 2.23. The minimum absolute atomic E-state index is 0.140. The van der Waals surface area contributed by atoms with E-state index in [1.54, 1.807) is 12.1 Å². The molecule has 2 aromatic rings. The van der Waals surface area contributed by atoms with Gasteiger partial charge in [-0.2, -0.15) is 0 Å². The van der Waals surface area contributed by atoms with E-state index >= 15 is 0 Å². The summed E-state index contributed by atoms with van der Waals surface area (Å²) in [7, 11) is 0. The molecule has 2 aromatic carbocycles. The topological polar surface area (TPSA) is 46.2 Å². The van der Waals surface area contributed by atoms with Crippen molar-refractivity contribution >= 4 is 17.3 Å². The van der Waals surface area contributed by atoms with Crippen LogP contribution in [0.2, 0.25) is 0 Å². The van der Waals surface area contributed by atoms with E-state index in [4.69, 9.17) is 0 Å². The number of aryl methyl sites for hydroxylation is 1. The molecule has 0 aliphatic heterocycles. The molecule has 0 saturated carbocycles. The minimum Gasteiger partial charge on any atom is -0.378 e. The summed E-state index contributed by atoms with van der Waals surface area (Å²) in [5.74, 6) is -0.698. The van der Waals surface area contributed by atoms with Gasteiger partial charge in [-0.3, -0.25) is 9.59 Å². The van der Waals surface area contributed by atoms with Gasteiger partial charge in [-0.05, 0) is 24.6 Å². The summed E-state index contributed by atoms with van der Waals surface area (Å²) in [6, 6.07) is 15.2. The Morgan fingerprint density at radius 1 is 1.00 bits per heavy atom. The first-order chi connectivity index (χ1) is 9.65. The first kappa shape index (κ1) is 12.6. The lowest BCUT2D eigenvalue weighted by Crippen LogP contribution is -2.29. The maximum Gasteiger partial charge on any atom is 0.229 e. The number of carbonyl (C=O) groups excluding carboxylic acids is 2. The van der Waals surface area contributed by atoms with Crippen LogP contribution in [0.25, 0.3) is 0 Å². The molecule has 0 spiro atoms. The Balaban J connectivity index is 1.94. The fourth-order valence-electron chi connectivity index (χ4n) is 2.53. The number of Topliss-reactive ketones (excluding diaryl/α,β-unsaturated/α-hetero) is 2. The molecule has 0 heterocycles. The molecule has 1 unspecified atom stereocenters. The molecule has 3 nitrogen and oxygen atoms in total. The van der Waals surface area contributed by atoms with Gasteiger partial charge in [0, 0.05) is 17.7 Å². The number of anilines is 1. The summed E-state index contributed by atoms with van der Waals surface area (Å²) in [5.41, 5.74) is 3.56. The summed E-state index contributed by atoms with van der Waals surface area (Å²) < 4.78 is 0. The van der Waals surface area contributed by atoms with Gasteiger partial charge in [0.25, 0.3) is 0 Å². The van der Waals surface area contributed by atoms with Crippen LogP contribution in [0.15, 0.2) is 48.5 Å². The standard InChI is InChI=1S/C17H15NO2/c1-11-6-8-12(9-7-11)18-15-10-16(19)17(20)14-5-3-2-4-13(14)15/h2-9,15,18H,10H2,1H3. The van der Waals surface area contributed by atoms with Gasteiger partial charge in [0.05, 0.1) is 6.04 Å². The number of benzene rings is 2. The molecule has 0 fully saturated rings. The highest BCUT2D eigenvalue weighted by molar-refractivity contribution is 6.45. The molecule has 0 aromatic heterocycles. The fraction of sp³-hybridized carbons (Fsp3) is 0.176. The first-order valence-electron chi connectivity index (χ1n) is 6.65. The molecular formula is C17H15NO2. The molecule has 0 radical (unpaired) electrons. The lowest BCUT2D eigenvalue weighted by atomic mass is 9.86. The first-order valence-corrected chi connectivity index (χ1v) is 6.65. The van der Waals surface area contributed by atoms with Crippen LogP contribution in [0.3, 0.4) is 0 Å². The maximum atomic E-state index is 11.9. The molecule has 100 valence electrons. The van der Waals surface area contributed by atoms with Crippen molar-refractivity contribution in [1.29, 1.82) is 0 Å². The average Bonchev–Trinajstić information content (AvgIpc) is 2.47. The van der Waals surface area contributed by atoms with Crippen molar-refractivity contribution in [2.75, 3.05) is 5.32 Å². The van der Waals surface area contributed by atoms with Gasteiger partial charge in [-0.15, -0.1) is 0 Å². The van der Waals surface area contributed by atoms with Crippen molar-refractivity contribution < 1.29 is 9.59 Å². The Bertz CT molecular complexity index is 674. The van der Waals surface area contributed by atoms with Crippen molar-refractivity contribution in [3.05, 3.63) is 65.2 Å². The molecule has 3 heteroatoms. The van der Waals surface area contributed by atoms with Crippen LogP contribution in [0.4, 0.5) is 5.69 Å². The number of hydrogen-bond acceptors (Lipinski definition) is 3. The summed E-state index contributed by atoms with van der Waals surface area (Å²) >= 11 is 0. The monoisotopic (exact) mass is 265 g/mol. The highest BCUT2D eigenvalue weighted by Gasteiger charge is 2.31. The second-order valence-electron chi connectivity index (χ2n) is 5.11. The normalized spacial score (nSPS) is 17.8. The van der Waals surface area contributed by atoms with Gasteiger partial charge >= 0.3 is 0 Å². The Morgan fingerprint density at radius 3 is 2.45 bits per heavy atom. The van der Waals surface area contributed by atoms with Crippen molar-refractivity contribution in [3.8, 4) is 0 Å². The molecule has 1 atom stereocenters. The summed E-state index contributed by atoms with van der Waals surface area (Å²) in [4.78, 5) is 23.7. The maximum absolute atomic E-state index is 11.9. The third-order valence-electron chi connectivity index (χ3n) is 3.62. The minimum atomic E-state index is -0.373. The zero-order chi connectivity index (χ0) is 14.1. The van der Waals surface area contributed by atoms with E-state index in [0.29, 0.717) is 5.56 Å². The molecule has 1 aliphatic carbocycles. The second-order valence-corrected chi connectivity index (χ2v) is 5.11. The van der Waals surface area contributed by atoms with Gasteiger partial charge in [-0.25, -0.2) is 0 Å². The van der Waals surface area contributed by atoms with Crippen molar-refractivity contribution in [3.63, 3.8) is 0 Å². The van der Waals surface area contributed by atoms with Crippen LogP contribution in [0.5, 0.6) is 0 Å². The zero-order valence-electron chi connectivity index (χ0n) is 11.2. The van der Waals surface area contributed by atoms with Gasteiger partial charge < -0.3 is 5.32 Å². The van der Waals surface area contributed by atoms with Gasteiger partial charge in [0.1, 0.15) is 0 Å². The zero-order valence-corrected chi connectivity index (χ0v) is 11.2. The molecule has 20 heavy (non-hydrogen) atoms. The molecule has 0 bridgehead atoms.